The maximum Gasteiger partial charge on any atom is 0.319 e. The number of hydrogen-bond acceptors (Lipinski definition) is 3. The summed E-state index contributed by atoms with van der Waals surface area (Å²) in [6.45, 7) is 2.76. The molecule has 0 bridgehead atoms. The summed E-state index contributed by atoms with van der Waals surface area (Å²) in [5.41, 5.74) is 0. The van der Waals surface area contributed by atoms with Gasteiger partial charge in [0.25, 0.3) is 0 Å². The number of nitrogens with zero attached hydrogens (tertiary/aromatic N) is 2. The molecule has 1 saturated carbocycles. The molecule has 0 radical (unpaired) electrons. The lowest BCUT2D eigenvalue weighted by atomic mass is 9.93. The van der Waals surface area contributed by atoms with Crippen molar-refractivity contribution in [2.24, 2.45) is 5.92 Å². The number of rotatable bonds is 3. The van der Waals surface area contributed by atoms with Gasteiger partial charge in [-0.1, -0.05) is 0 Å². The third-order valence-electron chi connectivity index (χ3n) is 4.05. The first-order valence-corrected chi connectivity index (χ1v) is 7.78. The number of ether oxygens (including phenoxy) is 1. The Labute approximate surface area is 113 Å². The van der Waals surface area contributed by atoms with Crippen LogP contribution in [0.25, 0.3) is 0 Å². The second-order valence-corrected chi connectivity index (χ2v) is 7.62. The van der Waals surface area contributed by atoms with Gasteiger partial charge in [-0.3, -0.25) is 0 Å². The Morgan fingerprint density at radius 1 is 1.44 bits per heavy atom. The van der Waals surface area contributed by atoms with E-state index in [1.54, 1.807) is 4.90 Å². The smallest absolute Gasteiger partial charge is 0.319 e. The zero-order valence-corrected chi connectivity index (χ0v) is 12.0. The molecule has 1 atom stereocenters. The Hall–Kier alpha value is -0.420. The SMILES string of the molecule is CN(C)C(=O)N1CC2(C[C@@H](OCC3CC3)CS2)C1. The number of hydrogen-bond donors (Lipinski definition) is 0. The molecule has 5 heteroatoms. The first-order valence-electron chi connectivity index (χ1n) is 6.80. The minimum atomic E-state index is 0.142. The lowest BCUT2D eigenvalue weighted by molar-refractivity contribution is 0.0369. The predicted molar refractivity (Wildman–Crippen MR) is 72.9 cm³/mol. The van der Waals surface area contributed by atoms with Crippen molar-refractivity contribution < 1.29 is 9.53 Å². The molecule has 3 aliphatic rings. The highest BCUT2D eigenvalue weighted by molar-refractivity contribution is 8.01. The molecule has 0 aromatic carbocycles. The maximum absolute atomic E-state index is 11.8. The molecular weight excluding hydrogens is 248 g/mol. The molecule has 2 saturated heterocycles. The molecule has 1 aliphatic carbocycles. The van der Waals surface area contributed by atoms with Crippen molar-refractivity contribution in [2.75, 3.05) is 39.5 Å². The molecule has 1 spiro atoms. The number of urea groups is 1. The lowest BCUT2D eigenvalue weighted by Crippen LogP contribution is -2.62. The van der Waals surface area contributed by atoms with Crippen LogP contribution in [0, 0.1) is 5.92 Å². The average Bonchev–Trinajstić information content (AvgIpc) is 3.02. The summed E-state index contributed by atoms with van der Waals surface area (Å²) in [6, 6.07) is 0.142. The number of carbonyl (C=O) groups is 1. The molecule has 0 unspecified atom stereocenters. The molecule has 0 N–H and O–H groups in total. The van der Waals surface area contributed by atoms with Crippen LogP contribution in [0.4, 0.5) is 4.79 Å². The van der Waals surface area contributed by atoms with Gasteiger partial charge >= 0.3 is 6.03 Å². The number of amides is 2. The third kappa shape index (κ3) is 2.48. The molecule has 18 heavy (non-hydrogen) atoms. The molecule has 3 fully saturated rings. The summed E-state index contributed by atoms with van der Waals surface area (Å²) >= 11 is 2.01. The fraction of sp³-hybridized carbons (Fsp3) is 0.923. The van der Waals surface area contributed by atoms with E-state index in [1.807, 2.05) is 30.8 Å². The van der Waals surface area contributed by atoms with E-state index in [9.17, 15) is 4.79 Å². The van der Waals surface area contributed by atoms with Gasteiger partial charge in [0.15, 0.2) is 0 Å². The second kappa shape index (κ2) is 4.60. The van der Waals surface area contributed by atoms with Crippen molar-refractivity contribution >= 4 is 17.8 Å². The van der Waals surface area contributed by atoms with Crippen molar-refractivity contribution in [1.82, 2.24) is 9.80 Å². The predicted octanol–water partition coefficient (Wildman–Crippen LogP) is 1.65. The fourth-order valence-electron chi connectivity index (χ4n) is 2.75. The number of thioether (sulfide) groups is 1. The van der Waals surface area contributed by atoms with Crippen LogP contribution >= 0.6 is 11.8 Å². The fourth-order valence-corrected chi connectivity index (χ4v) is 4.31. The van der Waals surface area contributed by atoms with Gasteiger partial charge in [-0.15, -0.1) is 11.8 Å². The molecule has 2 aliphatic heterocycles. The highest BCUT2D eigenvalue weighted by Crippen LogP contribution is 2.46. The van der Waals surface area contributed by atoms with Gasteiger partial charge < -0.3 is 14.5 Å². The monoisotopic (exact) mass is 270 g/mol. The lowest BCUT2D eigenvalue weighted by Gasteiger charge is -2.48. The summed E-state index contributed by atoms with van der Waals surface area (Å²) in [7, 11) is 3.63. The Morgan fingerprint density at radius 2 is 2.17 bits per heavy atom. The third-order valence-corrected chi connectivity index (χ3v) is 5.63. The van der Waals surface area contributed by atoms with Gasteiger partial charge in [0.05, 0.1) is 10.9 Å². The minimum absolute atomic E-state index is 0.142. The van der Waals surface area contributed by atoms with Gasteiger partial charge in [0.1, 0.15) is 0 Å². The zero-order chi connectivity index (χ0) is 12.8. The maximum atomic E-state index is 11.8. The summed E-state index contributed by atoms with van der Waals surface area (Å²) < 4.78 is 6.27. The first kappa shape index (κ1) is 12.6. The van der Waals surface area contributed by atoms with E-state index < -0.39 is 0 Å². The van der Waals surface area contributed by atoms with Crippen molar-refractivity contribution in [3.8, 4) is 0 Å². The quantitative estimate of drug-likeness (QED) is 0.782. The van der Waals surface area contributed by atoms with E-state index in [-0.39, 0.29) is 6.03 Å². The standard InChI is InChI=1S/C13H22N2O2S/c1-14(2)12(16)15-8-13(9-15)5-11(7-18-13)17-6-10-3-4-10/h10-11H,3-9H2,1-2H3/t11-/m1/s1. The first-order chi connectivity index (χ1) is 8.58. The van der Waals surface area contributed by atoms with Gasteiger partial charge in [0.2, 0.25) is 0 Å². The summed E-state index contributed by atoms with van der Waals surface area (Å²) in [4.78, 5) is 15.4. The molecule has 0 aromatic heterocycles. The Morgan fingerprint density at radius 3 is 2.78 bits per heavy atom. The molecular formula is C13H22N2O2S. The Kier molecular flexibility index (Phi) is 3.22. The van der Waals surface area contributed by atoms with Crippen LogP contribution < -0.4 is 0 Å². The molecule has 2 heterocycles. The van der Waals surface area contributed by atoms with E-state index in [2.05, 4.69) is 0 Å². The summed E-state index contributed by atoms with van der Waals surface area (Å²) in [6.07, 6.45) is 4.26. The number of carbonyl (C=O) groups excluding carboxylic acids is 1. The molecule has 4 nitrogen and oxygen atoms in total. The Bertz CT molecular complexity index is 338. The van der Waals surface area contributed by atoms with Gasteiger partial charge in [0, 0.05) is 39.5 Å². The highest BCUT2D eigenvalue weighted by Gasteiger charge is 2.51. The highest BCUT2D eigenvalue weighted by atomic mass is 32.2. The van der Waals surface area contributed by atoms with Crippen LogP contribution in [0.3, 0.4) is 0 Å². The van der Waals surface area contributed by atoms with E-state index in [1.165, 1.54) is 12.8 Å². The van der Waals surface area contributed by atoms with Crippen LogP contribution in [0.15, 0.2) is 0 Å². The van der Waals surface area contributed by atoms with E-state index in [0.29, 0.717) is 10.9 Å². The van der Waals surface area contributed by atoms with Crippen LogP contribution in [-0.2, 0) is 4.74 Å². The molecule has 102 valence electrons. The van der Waals surface area contributed by atoms with Crippen LogP contribution in [0.2, 0.25) is 0 Å². The normalized spacial score (nSPS) is 29.4. The molecule has 2 amide bonds. The Balaban J connectivity index is 1.43. The van der Waals surface area contributed by atoms with Gasteiger partial charge in [-0.25, -0.2) is 4.79 Å². The van der Waals surface area contributed by atoms with Crippen molar-refractivity contribution in [3.05, 3.63) is 0 Å². The topological polar surface area (TPSA) is 32.8 Å². The molecule has 3 rings (SSSR count). The van der Waals surface area contributed by atoms with Gasteiger partial charge in [-0.2, -0.15) is 0 Å². The zero-order valence-electron chi connectivity index (χ0n) is 11.2. The van der Waals surface area contributed by atoms with Crippen LogP contribution in [-0.4, -0.2) is 66.2 Å². The second-order valence-electron chi connectivity index (χ2n) is 6.13. The number of likely N-dealkylation sites (tertiary alicyclic amines) is 1. The van der Waals surface area contributed by atoms with Crippen LogP contribution in [0.1, 0.15) is 19.3 Å². The van der Waals surface area contributed by atoms with Gasteiger partial charge in [-0.05, 0) is 25.2 Å². The van der Waals surface area contributed by atoms with E-state index >= 15 is 0 Å². The summed E-state index contributed by atoms with van der Waals surface area (Å²) in [5.74, 6) is 1.95. The molecule has 0 aromatic rings. The average molecular weight is 270 g/mol. The summed E-state index contributed by atoms with van der Waals surface area (Å²) in [5, 5.41) is 0. The van der Waals surface area contributed by atoms with Crippen LogP contribution in [0.5, 0.6) is 0 Å². The van der Waals surface area contributed by atoms with Crippen molar-refractivity contribution in [3.63, 3.8) is 0 Å². The van der Waals surface area contributed by atoms with E-state index in [4.69, 9.17) is 4.74 Å². The largest absolute Gasteiger partial charge is 0.377 e. The van der Waals surface area contributed by atoms with Crippen molar-refractivity contribution in [2.45, 2.75) is 30.1 Å². The minimum Gasteiger partial charge on any atom is -0.377 e. The van der Waals surface area contributed by atoms with Crippen molar-refractivity contribution in [1.29, 1.82) is 0 Å². The van der Waals surface area contributed by atoms with E-state index in [0.717, 1.165) is 37.8 Å².